The van der Waals surface area contributed by atoms with Gasteiger partial charge in [0.05, 0.1) is 5.69 Å². The summed E-state index contributed by atoms with van der Waals surface area (Å²) in [5.41, 5.74) is 4.14. The summed E-state index contributed by atoms with van der Waals surface area (Å²) in [6.45, 7) is 0. The number of nitrogens with zero attached hydrogens (tertiary/aromatic N) is 1. The molecule has 1 heteroatoms. The standard InChI is InChI=1S/C13H15N/c1-3-7-12-10(5-1)9-11-6-2-4-8-13(11)14-12/h1,3,5,7,11H,2,4,6,8-9H2. The van der Waals surface area contributed by atoms with Crippen molar-refractivity contribution in [1.29, 1.82) is 0 Å². The summed E-state index contributed by atoms with van der Waals surface area (Å²) in [4.78, 5) is 4.78. The van der Waals surface area contributed by atoms with Crippen LogP contribution >= 0.6 is 0 Å². The number of hydrogen-bond acceptors (Lipinski definition) is 1. The Hall–Kier alpha value is -1.11. The molecule has 3 rings (SSSR count). The maximum Gasteiger partial charge on any atom is 0.0661 e. The fourth-order valence-electron chi connectivity index (χ4n) is 2.65. The van der Waals surface area contributed by atoms with Gasteiger partial charge >= 0.3 is 0 Å². The Labute approximate surface area is 84.9 Å². The van der Waals surface area contributed by atoms with Gasteiger partial charge in [-0.15, -0.1) is 0 Å². The van der Waals surface area contributed by atoms with Crippen LogP contribution in [0.2, 0.25) is 0 Å². The molecule has 1 aromatic carbocycles. The summed E-state index contributed by atoms with van der Waals surface area (Å²) in [6, 6.07) is 8.59. The lowest BCUT2D eigenvalue weighted by atomic mass is 9.81. The van der Waals surface area contributed by atoms with Gasteiger partial charge in [0.25, 0.3) is 0 Å². The lowest BCUT2D eigenvalue weighted by Crippen LogP contribution is -2.23. The molecule has 0 amide bonds. The topological polar surface area (TPSA) is 12.4 Å². The molecule has 0 saturated heterocycles. The number of aliphatic imine (C=N–C) groups is 1. The molecule has 2 aliphatic rings. The van der Waals surface area contributed by atoms with Crippen LogP contribution in [0.5, 0.6) is 0 Å². The number of fused-ring (bicyclic) bond motifs is 2. The summed E-state index contributed by atoms with van der Waals surface area (Å²) in [5, 5.41) is 0. The highest BCUT2D eigenvalue weighted by Gasteiger charge is 2.24. The van der Waals surface area contributed by atoms with E-state index in [0.717, 1.165) is 5.92 Å². The molecule has 0 aromatic heterocycles. The van der Waals surface area contributed by atoms with E-state index in [0.29, 0.717) is 0 Å². The zero-order chi connectivity index (χ0) is 9.38. The molecule has 14 heavy (non-hydrogen) atoms. The smallest absolute Gasteiger partial charge is 0.0661 e. The predicted octanol–water partition coefficient (Wildman–Crippen LogP) is 3.51. The molecule has 1 fully saturated rings. The minimum Gasteiger partial charge on any atom is -0.257 e. The third-order valence-electron chi connectivity index (χ3n) is 3.43. The number of benzene rings is 1. The van der Waals surface area contributed by atoms with Crippen molar-refractivity contribution in [1.82, 2.24) is 0 Å². The van der Waals surface area contributed by atoms with Crippen molar-refractivity contribution in [2.24, 2.45) is 10.9 Å². The van der Waals surface area contributed by atoms with E-state index in [9.17, 15) is 0 Å². The van der Waals surface area contributed by atoms with Gasteiger partial charge in [-0.3, -0.25) is 4.99 Å². The molecule has 0 bridgehead atoms. The van der Waals surface area contributed by atoms with Crippen LogP contribution in [-0.2, 0) is 6.42 Å². The van der Waals surface area contributed by atoms with E-state index < -0.39 is 0 Å². The molecule has 1 nitrogen and oxygen atoms in total. The first-order chi connectivity index (χ1) is 6.93. The molecular formula is C13H15N. The normalized spacial score (nSPS) is 24.9. The van der Waals surface area contributed by atoms with Crippen molar-refractivity contribution >= 4 is 11.4 Å². The average molecular weight is 185 g/mol. The summed E-state index contributed by atoms with van der Waals surface area (Å²) < 4.78 is 0. The lowest BCUT2D eigenvalue weighted by Gasteiger charge is -2.28. The van der Waals surface area contributed by atoms with Crippen molar-refractivity contribution in [2.75, 3.05) is 0 Å². The maximum absolute atomic E-state index is 4.78. The molecule has 0 N–H and O–H groups in total. The Morgan fingerprint density at radius 3 is 3.07 bits per heavy atom. The van der Waals surface area contributed by atoms with E-state index >= 15 is 0 Å². The van der Waals surface area contributed by atoms with E-state index in [1.807, 2.05) is 0 Å². The monoisotopic (exact) mass is 185 g/mol. The first kappa shape index (κ1) is 8.22. The van der Waals surface area contributed by atoms with Crippen LogP contribution in [0.3, 0.4) is 0 Å². The lowest BCUT2D eigenvalue weighted by molar-refractivity contribution is 0.519. The summed E-state index contributed by atoms with van der Waals surface area (Å²) in [5.74, 6) is 0.763. The molecular weight excluding hydrogens is 170 g/mol. The third-order valence-corrected chi connectivity index (χ3v) is 3.43. The van der Waals surface area contributed by atoms with Crippen molar-refractivity contribution in [2.45, 2.75) is 32.1 Å². The van der Waals surface area contributed by atoms with E-state index in [4.69, 9.17) is 4.99 Å². The molecule has 72 valence electrons. The number of para-hydroxylation sites is 1. The van der Waals surface area contributed by atoms with Gasteiger partial charge in [0.2, 0.25) is 0 Å². The molecule has 1 heterocycles. The van der Waals surface area contributed by atoms with Crippen molar-refractivity contribution in [3.05, 3.63) is 29.8 Å². The van der Waals surface area contributed by atoms with Gasteiger partial charge < -0.3 is 0 Å². The Bertz CT molecular complexity index is 379. The van der Waals surface area contributed by atoms with E-state index in [1.165, 1.54) is 49.1 Å². The van der Waals surface area contributed by atoms with Gasteiger partial charge in [0.15, 0.2) is 0 Å². The fraction of sp³-hybridized carbons (Fsp3) is 0.462. The Kier molecular flexibility index (Phi) is 1.90. The number of rotatable bonds is 0. The first-order valence-electron chi connectivity index (χ1n) is 5.59. The SMILES string of the molecule is c1ccc2c(c1)CC1CCCCC1=N2. The maximum atomic E-state index is 4.78. The fourth-order valence-corrected chi connectivity index (χ4v) is 2.65. The minimum absolute atomic E-state index is 0.763. The molecule has 0 spiro atoms. The van der Waals surface area contributed by atoms with E-state index in [1.54, 1.807) is 0 Å². The highest BCUT2D eigenvalue weighted by atomic mass is 14.8. The van der Waals surface area contributed by atoms with Gasteiger partial charge in [-0.25, -0.2) is 0 Å². The molecule has 1 aliphatic carbocycles. The minimum atomic E-state index is 0.763. The van der Waals surface area contributed by atoms with Crippen molar-refractivity contribution in [3.63, 3.8) is 0 Å². The van der Waals surface area contributed by atoms with Gasteiger partial charge in [-0.05, 0) is 37.3 Å². The first-order valence-corrected chi connectivity index (χ1v) is 5.59. The average Bonchev–Trinajstić information content (AvgIpc) is 2.26. The third kappa shape index (κ3) is 1.28. The van der Waals surface area contributed by atoms with E-state index in [2.05, 4.69) is 24.3 Å². The van der Waals surface area contributed by atoms with Gasteiger partial charge in [-0.2, -0.15) is 0 Å². The van der Waals surface area contributed by atoms with Crippen molar-refractivity contribution < 1.29 is 0 Å². The van der Waals surface area contributed by atoms with Crippen LogP contribution < -0.4 is 0 Å². The second kappa shape index (κ2) is 3.23. The Morgan fingerprint density at radius 2 is 2.07 bits per heavy atom. The van der Waals surface area contributed by atoms with Crippen LogP contribution in [-0.4, -0.2) is 5.71 Å². The quantitative estimate of drug-likeness (QED) is 0.586. The molecule has 1 atom stereocenters. The molecule has 0 radical (unpaired) electrons. The molecule has 1 aromatic rings. The molecule has 1 unspecified atom stereocenters. The van der Waals surface area contributed by atoms with Crippen LogP contribution in [0.4, 0.5) is 5.69 Å². The Morgan fingerprint density at radius 1 is 1.14 bits per heavy atom. The number of hydrogen-bond donors (Lipinski definition) is 0. The zero-order valence-electron chi connectivity index (χ0n) is 8.37. The van der Waals surface area contributed by atoms with Gasteiger partial charge in [0.1, 0.15) is 0 Å². The summed E-state index contributed by atoms with van der Waals surface area (Å²) in [6.07, 6.45) is 6.56. The van der Waals surface area contributed by atoms with Gasteiger partial charge in [-0.1, -0.05) is 24.6 Å². The largest absolute Gasteiger partial charge is 0.257 e. The predicted molar refractivity (Wildman–Crippen MR) is 59.2 cm³/mol. The Balaban J connectivity index is 2.03. The molecule has 1 saturated carbocycles. The van der Waals surface area contributed by atoms with Crippen LogP contribution in [0, 0.1) is 5.92 Å². The highest BCUT2D eigenvalue weighted by molar-refractivity contribution is 5.91. The second-order valence-electron chi connectivity index (χ2n) is 4.38. The summed E-state index contributed by atoms with van der Waals surface area (Å²) >= 11 is 0. The van der Waals surface area contributed by atoms with Gasteiger partial charge in [0, 0.05) is 11.6 Å². The zero-order valence-corrected chi connectivity index (χ0v) is 8.37. The summed E-state index contributed by atoms with van der Waals surface area (Å²) in [7, 11) is 0. The van der Waals surface area contributed by atoms with E-state index in [-0.39, 0.29) is 0 Å². The van der Waals surface area contributed by atoms with Crippen LogP contribution in [0.15, 0.2) is 29.3 Å². The van der Waals surface area contributed by atoms with Crippen LogP contribution in [0.25, 0.3) is 0 Å². The highest BCUT2D eigenvalue weighted by Crippen LogP contribution is 2.34. The van der Waals surface area contributed by atoms with Crippen molar-refractivity contribution in [3.8, 4) is 0 Å². The van der Waals surface area contributed by atoms with Crippen LogP contribution in [0.1, 0.15) is 31.2 Å². The second-order valence-corrected chi connectivity index (χ2v) is 4.38. The molecule has 1 aliphatic heterocycles.